The second kappa shape index (κ2) is 8.09. The van der Waals surface area contributed by atoms with Gasteiger partial charge >= 0.3 is 6.03 Å². The number of carbonyl (C=O) groups excluding carboxylic acids is 1. The average Bonchev–Trinajstić information content (AvgIpc) is 2.60. The van der Waals surface area contributed by atoms with Gasteiger partial charge in [0, 0.05) is 47.9 Å². The van der Waals surface area contributed by atoms with E-state index < -0.39 is 0 Å². The number of benzene rings is 1. The van der Waals surface area contributed by atoms with Crippen LogP contribution >= 0.6 is 31.9 Å². The van der Waals surface area contributed by atoms with Crippen molar-refractivity contribution < 1.29 is 4.79 Å². The molecule has 2 heterocycles. The Morgan fingerprint density at radius 2 is 1.92 bits per heavy atom. The fourth-order valence-corrected chi connectivity index (χ4v) is 3.32. The number of hydrogen-bond acceptors (Lipinski definition) is 3. The number of urea groups is 1. The summed E-state index contributed by atoms with van der Waals surface area (Å²) >= 11 is 7.03. The maximum Gasteiger partial charge on any atom is 0.321 e. The lowest BCUT2D eigenvalue weighted by atomic mass is 10.2. The van der Waals surface area contributed by atoms with Crippen molar-refractivity contribution in [1.29, 1.82) is 0 Å². The summed E-state index contributed by atoms with van der Waals surface area (Å²) in [5.74, 6) is 0. The SMILES string of the molecule is O=C(Nc1cccnc1)N1CCN(Cc2ccc(Br)c(Br)c2)CC1. The number of rotatable bonds is 3. The van der Waals surface area contributed by atoms with E-state index in [-0.39, 0.29) is 6.03 Å². The third-order valence-corrected chi connectivity index (χ3v) is 5.84. The fourth-order valence-electron chi connectivity index (χ4n) is 2.64. The number of hydrogen-bond donors (Lipinski definition) is 1. The lowest BCUT2D eigenvalue weighted by Gasteiger charge is -2.34. The highest BCUT2D eigenvalue weighted by Gasteiger charge is 2.21. The molecule has 2 amide bonds. The first kappa shape index (κ1) is 17.4. The molecule has 1 aromatic carbocycles. The predicted molar refractivity (Wildman–Crippen MR) is 102 cm³/mol. The quantitative estimate of drug-likeness (QED) is 0.765. The summed E-state index contributed by atoms with van der Waals surface area (Å²) in [6, 6.07) is 9.89. The molecule has 0 bridgehead atoms. The van der Waals surface area contributed by atoms with Gasteiger partial charge in [-0.25, -0.2) is 4.79 Å². The van der Waals surface area contributed by atoms with Crippen LogP contribution in [-0.2, 0) is 6.54 Å². The minimum Gasteiger partial charge on any atom is -0.322 e. The summed E-state index contributed by atoms with van der Waals surface area (Å²) in [6.45, 7) is 4.08. The first-order chi connectivity index (χ1) is 11.6. The molecule has 1 N–H and O–H groups in total. The van der Waals surface area contributed by atoms with Crippen molar-refractivity contribution in [2.24, 2.45) is 0 Å². The van der Waals surface area contributed by atoms with Crippen LogP contribution in [0.4, 0.5) is 10.5 Å². The summed E-state index contributed by atoms with van der Waals surface area (Å²) in [5, 5.41) is 2.88. The van der Waals surface area contributed by atoms with Crippen molar-refractivity contribution >= 4 is 43.6 Å². The van der Waals surface area contributed by atoms with Crippen molar-refractivity contribution in [1.82, 2.24) is 14.8 Å². The number of nitrogens with one attached hydrogen (secondary N) is 1. The van der Waals surface area contributed by atoms with Gasteiger partial charge in [0.25, 0.3) is 0 Å². The molecule has 7 heteroatoms. The molecule has 1 fully saturated rings. The molecule has 2 aromatic rings. The number of carbonyl (C=O) groups is 1. The Balaban J connectivity index is 1.50. The number of halogens is 2. The molecule has 1 aliphatic heterocycles. The normalized spacial score (nSPS) is 15.3. The number of aromatic nitrogens is 1. The Morgan fingerprint density at radius 1 is 1.12 bits per heavy atom. The number of anilines is 1. The Hall–Kier alpha value is -1.44. The van der Waals surface area contributed by atoms with Gasteiger partial charge in [0.2, 0.25) is 0 Å². The minimum absolute atomic E-state index is 0.0611. The highest BCUT2D eigenvalue weighted by Crippen LogP contribution is 2.24. The lowest BCUT2D eigenvalue weighted by molar-refractivity contribution is 0.143. The zero-order chi connectivity index (χ0) is 16.9. The van der Waals surface area contributed by atoms with Crippen molar-refractivity contribution in [3.05, 3.63) is 57.2 Å². The highest BCUT2D eigenvalue weighted by molar-refractivity contribution is 9.13. The van der Waals surface area contributed by atoms with Crippen LogP contribution in [-0.4, -0.2) is 47.0 Å². The minimum atomic E-state index is -0.0611. The second-order valence-electron chi connectivity index (χ2n) is 5.68. The molecule has 1 aromatic heterocycles. The number of piperazine rings is 1. The molecule has 24 heavy (non-hydrogen) atoms. The predicted octanol–water partition coefficient (Wildman–Crippen LogP) is 3.96. The maximum absolute atomic E-state index is 12.3. The van der Waals surface area contributed by atoms with E-state index in [1.807, 2.05) is 17.0 Å². The van der Waals surface area contributed by atoms with Crippen molar-refractivity contribution in [2.75, 3.05) is 31.5 Å². The molecule has 1 saturated heterocycles. The molecular formula is C17H18Br2N4O. The van der Waals surface area contributed by atoms with Crippen molar-refractivity contribution in [3.63, 3.8) is 0 Å². The van der Waals surface area contributed by atoms with Crippen LogP contribution in [0.2, 0.25) is 0 Å². The van der Waals surface area contributed by atoms with Crippen molar-refractivity contribution in [3.8, 4) is 0 Å². The first-order valence-corrected chi connectivity index (χ1v) is 9.32. The summed E-state index contributed by atoms with van der Waals surface area (Å²) < 4.78 is 2.12. The van der Waals surface area contributed by atoms with Gasteiger partial charge in [-0.1, -0.05) is 6.07 Å². The number of pyridine rings is 1. The Morgan fingerprint density at radius 3 is 2.58 bits per heavy atom. The third kappa shape index (κ3) is 4.55. The van der Waals surface area contributed by atoms with E-state index in [9.17, 15) is 4.79 Å². The molecular weight excluding hydrogens is 436 g/mol. The molecule has 0 atom stereocenters. The Labute approximate surface area is 158 Å². The van der Waals surface area contributed by atoms with Gasteiger partial charge < -0.3 is 10.2 Å². The molecule has 0 saturated carbocycles. The molecule has 1 aliphatic rings. The van der Waals surface area contributed by atoms with Gasteiger partial charge in [0.05, 0.1) is 11.9 Å². The van der Waals surface area contributed by atoms with Gasteiger partial charge in [-0.3, -0.25) is 9.88 Å². The third-order valence-electron chi connectivity index (χ3n) is 3.96. The molecule has 0 spiro atoms. The van der Waals surface area contributed by atoms with Gasteiger partial charge in [0.1, 0.15) is 0 Å². The first-order valence-electron chi connectivity index (χ1n) is 7.74. The lowest BCUT2D eigenvalue weighted by Crippen LogP contribution is -2.49. The van der Waals surface area contributed by atoms with E-state index in [0.717, 1.165) is 47.4 Å². The van der Waals surface area contributed by atoms with Crippen LogP contribution in [0.5, 0.6) is 0 Å². The maximum atomic E-state index is 12.3. The van der Waals surface area contributed by atoms with E-state index >= 15 is 0 Å². The smallest absolute Gasteiger partial charge is 0.321 e. The topological polar surface area (TPSA) is 48.5 Å². The van der Waals surface area contributed by atoms with Gasteiger partial charge in [-0.15, -0.1) is 0 Å². The zero-order valence-electron chi connectivity index (χ0n) is 13.1. The molecule has 3 rings (SSSR count). The molecule has 5 nitrogen and oxygen atoms in total. The van der Waals surface area contributed by atoms with E-state index in [0.29, 0.717) is 0 Å². The van der Waals surface area contributed by atoms with Crippen LogP contribution < -0.4 is 5.32 Å². The van der Waals surface area contributed by atoms with Gasteiger partial charge in [0.15, 0.2) is 0 Å². The van der Waals surface area contributed by atoms with Crippen molar-refractivity contribution in [2.45, 2.75) is 6.54 Å². The van der Waals surface area contributed by atoms with Crippen LogP contribution in [0, 0.1) is 0 Å². The molecule has 0 aliphatic carbocycles. The van der Waals surface area contributed by atoms with Crippen LogP contribution in [0.1, 0.15) is 5.56 Å². The van der Waals surface area contributed by atoms with E-state index in [1.165, 1.54) is 5.56 Å². The average molecular weight is 454 g/mol. The standard InChI is InChI=1S/C17H18Br2N4O/c18-15-4-3-13(10-16(15)19)12-22-6-8-23(9-7-22)17(24)21-14-2-1-5-20-11-14/h1-5,10-11H,6-9,12H2,(H,21,24). The Kier molecular flexibility index (Phi) is 5.86. The highest BCUT2D eigenvalue weighted by atomic mass is 79.9. The molecule has 0 radical (unpaired) electrons. The summed E-state index contributed by atoms with van der Waals surface area (Å²) in [4.78, 5) is 20.5. The van der Waals surface area contributed by atoms with E-state index in [2.05, 4.69) is 65.3 Å². The largest absolute Gasteiger partial charge is 0.322 e. The van der Waals surface area contributed by atoms with Gasteiger partial charge in [-0.05, 0) is 61.7 Å². The summed E-state index contributed by atoms with van der Waals surface area (Å²) in [6.07, 6.45) is 3.34. The van der Waals surface area contributed by atoms with Crippen LogP contribution in [0.15, 0.2) is 51.7 Å². The van der Waals surface area contributed by atoms with Crippen LogP contribution in [0.25, 0.3) is 0 Å². The zero-order valence-corrected chi connectivity index (χ0v) is 16.3. The number of amides is 2. The van der Waals surface area contributed by atoms with E-state index in [4.69, 9.17) is 0 Å². The van der Waals surface area contributed by atoms with E-state index in [1.54, 1.807) is 12.4 Å². The molecule has 126 valence electrons. The summed E-state index contributed by atoms with van der Waals surface area (Å²) in [5.41, 5.74) is 1.99. The van der Waals surface area contributed by atoms with Gasteiger partial charge in [-0.2, -0.15) is 0 Å². The Bertz CT molecular complexity index is 703. The monoisotopic (exact) mass is 452 g/mol. The number of nitrogens with zero attached hydrogens (tertiary/aromatic N) is 3. The summed E-state index contributed by atoms with van der Waals surface area (Å²) in [7, 11) is 0. The molecule has 0 unspecified atom stereocenters. The fraction of sp³-hybridized carbons (Fsp3) is 0.294. The van der Waals surface area contributed by atoms with Crippen LogP contribution in [0.3, 0.4) is 0 Å². The second-order valence-corrected chi connectivity index (χ2v) is 7.39.